The third-order valence-corrected chi connectivity index (χ3v) is 8.41. The lowest BCUT2D eigenvalue weighted by atomic mass is 9.85. The molecule has 1 aliphatic rings. The number of carbonyl (C=O) groups excluding carboxylic acids is 3. The van der Waals surface area contributed by atoms with E-state index in [1.54, 1.807) is 7.11 Å². The number of ketones is 2. The van der Waals surface area contributed by atoms with Crippen LogP contribution in [0, 0.1) is 11.8 Å². The summed E-state index contributed by atoms with van der Waals surface area (Å²) in [6.45, 7) is 1.52. The van der Waals surface area contributed by atoms with Gasteiger partial charge in [-0.1, -0.05) is 77.0 Å². The van der Waals surface area contributed by atoms with Crippen molar-refractivity contribution in [3.63, 3.8) is 0 Å². The number of carboxylic acid groups (broad SMARTS) is 2. The Morgan fingerprint density at radius 2 is 1.14 bits per heavy atom. The van der Waals surface area contributed by atoms with Gasteiger partial charge in [-0.25, -0.2) is 0 Å². The summed E-state index contributed by atoms with van der Waals surface area (Å²) in [4.78, 5) is 61.4. The highest BCUT2D eigenvalue weighted by atomic mass is 16.5. The maximum Gasteiger partial charge on any atom is 0.307 e. The van der Waals surface area contributed by atoms with E-state index in [2.05, 4.69) is 0 Å². The number of amides is 1. The summed E-state index contributed by atoms with van der Waals surface area (Å²) < 4.78 is 4.93. The second-order valence-electron chi connectivity index (χ2n) is 12.0. The molecule has 0 unspecified atom stereocenters. The molecule has 0 radical (unpaired) electrons. The van der Waals surface area contributed by atoms with Crippen LogP contribution in [0.2, 0.25) is 0 Å². The number of rotatable bonds is 27. The van der Waals surface area contributed by atoms with E-state index in [0.29, 0.717) is 51.8 Å². The van der Waals surface area contributed by atoms with Crippen LogP contribution in [-0.4, -0.2) is 71.3 Å². The van der Waals surface area contributed by atoms with Gasteiger partial charge in [-0.3, -0.25) is 24.0 Å². The number of likely N-dealkylation sites (tertiary alicyclic amines) is 1. The van der Waals surface area contributed by atoms with Crippen LogP contribution in [0.4, 0.5) is 0 Å². The molecule has 1 rings (SSSR count). The van der Waals surface area contributed by atoms with Gasteiger partial charge in [-0.05, 0) is 32.1 Å². The lowest BCUT2D eigenvalue weighted by Crippen LogP contribution is -2.40. The Morgan fingerprint density at radius 3 is 1.60 bits per heavy atom. The van der Waals surface area contributed by atoms with Gasteiger partial charge in [0.25, 0.3) is 0 Å². The SMILES string of the molecule is COCCCC(=O)C[C@@H](CC(=O)C1CCN(C(=O)CCCCCCCCCCCCCCCCC(=O)O)CC1)C(=O)O. The molecule has 0 saturated carbocycles. The van der Waals surface area contributed by atoms with Crippen LogP contribution >= 0.6 is 0 Å². The Balaban J connectivity index is 2.06. The minimum Gasteiger partial charge on any atom is -0.481 e. The number of unbranched alkanes of at least 4 members (excludes halogenated alkanes) is 13. The van der Waals surface area contributed by atoms with Gasteiger partial charge in [0, 0.05) is 64.8 Å². The molecule has 0 aromatic rings. The zero-order chi connectivity index (χ0) is 31.0. The summed E-state index contributed by atoms with van der Waals surface area (Å²) in [5.74, 6) is -3.14. The zero-order valence-electron chi connectivity index (χ0n) is 26.1. The molecule has 242 valence electrons. The van der Waals surface area contributed by atoms with Gasteiger partial charge in [0.2, 0.25) is 5.91 Å². The number of carboxylic acids is 2. The monoisotopic (exact) mass is 595 g/mol. The third kappa shape index (κ3) is 19.0. The third-order valence-electron chi connectivity index (χ3n) is 8.41. The van der Waals surface area contributed by atoms with Crippen molar-refractivity contribution in [3.05, 3.63) is 0 Å². The van der Waals surface area contributed by atoms with Gasteiger partial charge in [-0.15, -0.1) is 0 Å². The average molecular weight is 596 g/mol. The summed E-state index contributed by atoms with van der Waals surface area (Å²) in [6.07, 6.45) is 18.6. The minimum absolute atomic E-state index is 0.107. The molecule has 42 heavy (non-hydrogen) atoms. The van der Waals surface area contributed by atoms with E-state index < -0.39 is 17.9 Å². The fourth-order valence-corrected chi connectivity index (χ4v) is 5.73. The van der Waals surface area contributed by atoms with Crippen LogP contribution in [0.5, 0.6) is 0 Å². The topological polar surface area (TPSA) is 138 Å². The van der Waals surface area contributed by atoms with Gasteiger partial charge in [0.05, 0.1) is 5.92 Å². The summed E-state index contributed by atoms with van der Waals surface area (Å²) in [5, 5.41) is 18.1. The predicted octanol–water partition coefficient (Wildman–Crippen LogP) is 6.60. The Morgan fingerprint density at radius 1 is 0.667 bits per heavy atom. The van der Waals surface area contributed by atoms with Crippen molar-refractivity contribution in [3.8, 4) is 0 Å². The maximum atomic E-state index is 12.8. The Hall–Kier alpha value is -2.29. The first-order valence-corrected chi connectivity index (χ1v) is 16.5. The molecule has 2 N–H and O–H groups in total. The van der Waals surface area contributed by atoms with Crippen LogP contribution < -0.4 is 0 Å². The van der Waals surface area contributed by atoms with E-state index in [1.165, 1.54) is 51.4 Å². The molecular formula is C33H57NO8. The van der Waals surface area contributed by atoms with Crippen molar-refractivity contribution >= 4 is 29.4 Å². The van der Waals surface area contributed by atoms with E-state index >= 15 is 0 Å². The molecule has 9 heteroatoms. The Bertz CT molecular complexity index is 791. The van der Waals surface area contributed by atoms with E-state index in [1.807, 2.05) is 4.90 Å². The predicted molar refractivity (Wildman–Crippen MR) is 162 cm³/mol. The summed E-state index contributed by atoms with van der Waals surface area (Å²) >= 11 is 0. The summed E-state index contributed by atoms with van der Waals surface area (Å²) in [5.41, 5.74) is 0. The first-order chi connectivity index (χ1) is 20.2. The van der Waals surface area contributed by atoms with Crippen LogP contribution in [0.1, 0.15) is 141 Å². The molecule has 0 aromatic carbocycles. The molecule has 1 saturated heterocycles. The highest BCUT2D eigenvalue weighted by Crippen LogP contribution is 2.24. The van der Waals surface area contributed by atoms with Crippen LogP contribution in [-0.2, 0) is 28.7 Å². The van der Waals surface area contributed by atoms with Crippen molar-refractivity contribution < 1.29 is 38.9 Å². The first-order valence-electron chi connectivity index (χ1n) is 16.5. The quantitative estimate of drug-likeness (QED) is 0.101. The number of piperidine rings is 1. The van der Waals surface area contributed by atoms with Crippen LogP contribution in [0.25, 0.3) is 0 Å². The maximum absolute atomic E-state index is 12.8. The molecule has 1 aliphatic heterocycles. The van der Waals surface area contributed by atoms with Crippen molar-refractivity contribution in [2.45, 2.75) is 141 Å². The fraction of sp³-hybridized carbons (Fsp3) is 0.848. The highest BCUT2D eigenvalue weighted by molar-refractivity contribution is 5.89. The van der Waals surface area contributed by atoms with Gasteiger partial charge < -0.3 is 19.8 Å². The molecule has 1 atom stereocenters. The zero-order valence-corrected chi connectivity index (χ0v) is 26.1. The van der Waals surface area contributed by atoms with Crippen molar-refractivity contribution in [1.29, 1.82) is 0 Å². The Labute approximate surface area is 253 Å². The lowest BCUT2D eigenvalue weighted by molar-refractivity contribution is -0.146. The van der Waals surface area contributed by atoms with Gasteiger partial charge in [0.15, 0.2) is 0 Å². The van der Waals surface area contributed by atoms with Gasteiger partial charge in [-0.2, -0.15) is 0 Å². The van der Waals surface area contributed by atoms with Gasteiger partial charge >= 0.3 is 11.9 Å². The standard InChI is InChI=1S/C33H57NO8/c1-42-24-16-17-29(35)25-28(33(40)41)26-30(36)27-20-22-34(23-21-27)31(37)18-14-12-10-8-6-4-2-3-5-7-9-11-13-15-19-32(38)39/h27-28H,2-26H2,1H3,(H,38,39)(H,40,41)/t28-/m0/s1. The number of carbonyl (C=O) groups is 5. The number of Topliss-reactive ketones (excluding diaryl/α,β-unsaturated/α-hetero) is 2. The van der Waals surface area contributed by atoms with Crippen molar-refractivity contribution in [1.82, 2.24) is 4.90 Å². The van der Waals surface area contributed by atoms with Gasteiger partial charge in [0.1, 0.15) is 11.6 Å². The molecule has 1 fully saturated rings. The minimum atomic E-state index is -1.11. The van der Waals surface area contributed by atoms with E-state index in [0.717, 1.165) is 38.5 Å². The summed E-state index contributed by atoms with van der Waals surface area (Å²) in [7, 11) is 1.55. The number of hydrogen-bond donors (Lipinski definition) is 2. The number of ether oxygens (including phenoxy) is 1. The fourth-order valence-electron chi connectivity index (χ4n) is 5.73. The number of aliphatic carboxylic acids is 2. The number of methoxy groups -OCH3 is 1. The first kappa shape index (κ1) is 37.7. The van der Waals surface area contributed by atoms with Crippen LogP contribution in [0.3, 0.4) is 0 Å². The molecule has 0 aliphatic carbocycles. The van der Waals surface area contributed by atoms with Crippen molar-refractivity contribution in [2.75, 3.05) is 26.8 Å². The second-order valence-corrected chi connectivity index (χ2v) is 12.0. The molecule has 0 bridgehead atoms. The molecule has 9 nitrogen and oxygen atoms in total. The largest absolute Gasteiger partial charge is 0.481 e. The van der Waals surface area contributed by atoms with E-state index in [-0.39, 0.29) is 42.7 Å². The molecule has 1 amide bonds. The lowest BCUT2D eigenvalue weighted by Gasteiger charge is -2.31. The van der Waals surface area contributed by atoms with Crippen LogP contribution in [0.15, 0.2) is 0 Å². The molecule has 1 heterocycles. The van der Waals surface area contributed by atoms with E-state index in [4.69, 9.17) is 9.84 Å². The number of hydrogen-bond acceptors (Lipinski definition) is 6. The van der Waals surface area contributed by atoms with Crippen molar-refractivity contribution in [2.24, 2.45) is 11.8 Å². The molecule has 0 aromatic heterocycles. The number of nitrogens with zero attached hydrogens (tertiary/aromatic N) is 1. The Kier molecular flexibility index (Phi) is 21.7. The van der Waals surface area contributed by atoms with E-state index in [9.17, 15) is 29.1 Å². The average Bonchev–Trinajstić information content (AvgIpc) is 2.96. The normalized spacial score (nSPS) is 14.5. The highest BCUT2D eigenvalue weighted by Gasteiger charge is 2.31. The second kappa shape index (κ2) is 24.2. The molecule has 0 spiro atoms. The smallest absolute Gasteiger partial charge is 0.307 e. The molecular weight excluding hydrogens is 538 g/mol. The summed E-state index contributed by atoms with van der Waals surface area (Å²) in [6, 6.07) is 0.